The van der Waals surface area contributed by atoms with E-state index in [1.807, 2.05) is 42.2 Å². The van der Waals surface area contributed by atoms with Crippen LogP contribution in [-0.4, -0.2) is 32.6 Å². The first-order chi connectivity index (χ1) is 11.0. The van der Waals surface area contributed by atoms with E-state index < -0.39 is 0 Å². The van der Waals surface area contributed by atoms with E-state index in [2.05, 4.69) is 23.9 Å². The largest absolute Gasteiger partial charge is 0.337 e. The van der Waals surface area contributed by atoms with E-state index >= 15 is 0 Å². The molecule has 0 fully saturated rings. The van der Waals surface area contributed by atoms with Crippen LogP contribution in [0.1, 0.15) is 40.8 Å². The fraction of sp³-hybridized carbons (Fsp3) is 0.353. The topological polar surface area (TPSA) is 51.0 Å². The third-order valence-electron chi connectivity index (χ3n) is 3.73. The maximum atomic E-state index is 12.9. The van der Waals surface area contributed by atoms with Gasteiger partial charge in [-0.1, -0.05) is 6.07 Å². The van der Waals surface area contributed by atoms with Crippen LogP contribution in [0.2, 0.25) is 0 Å². The van der Waals surface area contributed by atoms with Gasteiger partial charge in [0, 0.05) is 23.7 Å². The molecule has 120 valence electrons. The van der Waals surface area contributed by atoms with E-state index in [9.17, 15) is 4.79 Å². The summed E-state index contributed by atoms with van der Waals surface area (Å²) in [4.78, 5) is 20.4. The second kappa shape index (κ2) is 6.12. The summed E-state index contributed by atoms with van der Waals surface area (Å²) in [7, 11) is 1.83. The van der Waals surface area contributed by atoms with Crippen molar-refractivity contribution in [3.05, 3.63) is 45.9 Å². The summed E-state index contributed by atoms with van der Waals surface area (Å²) < 4.78 is 1.86. The van der Waals surface area contributed by atoms with Crippen molar-refractivity contribution in [3.8, 4) is 0 Å². The smallest absolute Gasteiger partial charge is 0.254 e. The summed E-state index contributed by atoms with van der Waals surface area (Å²) in [6.45, 7) is 6.63. The average Bonchev–Trinajstić information content (AvgIpc) is 3.14. The highest BCUT2D eigenvalue weighted by Gasteiger charge is 2.19. The predicted molar refractivity (Wildman–Crippen MR) is 92.8 cm³/mol. The molecule has 0 N–H and O–H groups in total. The molecule has 23 heavy (non-hydrogen) atoms. The summed E-state index contributed by atoms with van der Waals surface area (Å²) in [6.07, 6.45) is 1.74. The lowest BCUT2D eigenvalue weighted by Crippen LogP contribution is -2.26. The zero-order valence-corrected chi connectivity index (χ0v) is 14.6. The van der Waals surface area contributed by atoms with Gasteiger partial charge < -0.3 is 4.90 Å². The first kappa shape index (κ1) is 15.7. The quantitative estimate of drug-likeness (QED) is 0.734. The highest BCUT2D eigenvalue weighted by Crippen LogP contribution is 2.23. The summed E-state index contributed by atoms with van der Waals surface area (Å²) in [6, 6.07) is 6.09. The molecule has 0 aliphatic rings. The molecule has 0 radical (unpaired) electrons. The van der Waals surface area contributed by atoms with E-state index in [-0.39, 0.29) is 11.9 Å². The average molecular weight is 328 g/mol. The number of aromatic nitrogens is 3. The summed E-state index contributed by atoms with van der Waals surface area (Å²) in [5.41, 5.74) is 2.26. The van der Waals surface area contributed by atoms with Crippen LogP contribution in [0.3, 0.4) is 0 Å². The molecular formula is C17H20N4OS. The van der Waals surface area contributed by atoms with E-state index in [1.54, 1.807) is 22.4 Å². The van der Waals surface area contributed by atoms with Gasteiger partial charge in [-0.2, -0.15) is 5.10 Å². The number of carbonyl (C=O) groups excluding carboxylic acids is 1. The van der Waals surface area contributed by atoms with Crippen molar-refractivity contribution in [2.24, 2.45) is 0 Å². The second-order valence-electron chi connectivity index (χ2n) is 5.97. The number of amides is 1. The number of hydrogen-bond acceptors (Lipinski definition) is 4. The van der Waals surface area contributed by atoms with Gasteiger partial charge in [0.15, 0.2) is 5.65 Å². The number of thiophene rings is 1. The molecule has 3 heterocycles. The van der Waals surface area contributed by atoms with Gasteiger partial charge in [-0.15, -0.1) is 11.3 Å². The molecule has 1 amide bonds. The van der Waals surface area contributed by atoms with Crippen molar-refractivity contribution in [2.75, 3.05) is 7.05 Å². The fourth-order valence-electron chi connectivity index (χ4n) is 2.61. The van der Waals surface area contributed by atoms with Crippen LogP contribution in [-0.2, 0) is 6.54 Å². The van der Waals surface area contributed by atoms with Gasteiger partial charge in [-0.05, 0) is 38.3 Å². The number of nitrogens with zero attached hydrogens (tertiary/aromatic N) is 4. The number of pyridine rings is 1. The number of rotatable bonds is 4. The molecule has 3 aromatic heterocycles. The molecule has 0 bridgehead atoms. The molecule has 0 aromatic carbocycles. The Morgan fingerprint density at radius 3 is 2.87 bits per heavy atom. The Bertz CT molecular complexity index is 836. The molecule has 5 nitrogen and oxygen atoms in total. The molecular weight excluding hydrogens is 308 g/mol. The molecule has 0 saturated heterocycles. The van der Waals surface area contributed by atoms with E-state index in [0.717, 1.165) is 16.7 Å². The lowest BCUT2D eigenvalue weighted by molar-refractivity contribution is 0.0788. The molecule has 0 atom stereocenters. The van der Waals surface area contributed by atoms with Crippen LogP contribution in [0.15, 0.2) is 29.8 Å². The number of aryl methyl sites for hydroxylation is 1. The maximum absolute atomic E-state index is 12.9. The number of carbonyl (C=O) groups is 1. The predicted octanol–water partition coefficient (Wildman–Crippen LogP) is 3.65. The molecule has 0 saturated carbocycles. The molecule has 0 aliphatic carbocycles. The molecule has 0 spiro atoms. The molecule has 0 unspecified atom stereocenters. The third kappa shape index (κ3) is 2.99. The Hall–Kier alpha value is -2.21. The van der Waals surface area contributed by atoms with Crippen LogP contribution in [0.5, 0.6) is 0 Å². The number of fused-ring (bicyclic) bond motifs is 1. The van der Waals surface area contributed by atoms with Crippen LogP contribution >= 0.6 is 11.3 Å². The van der Waals surface area contributed by atoms with Crippen molar-refractivity contribution >= 4 is 28.3 Å². The van der Waals surface area contributed by atoms with Crippen molar-refractivity contribution in [1.82, 2.24) is 19.7 Å². The second-order valence-corrected chi connectivity index (χ2v) is 7.00. The zero-order chi connectivity index (χ0) is 16.6. The van der Waals surface area contributed by atoms with E-state index in [0.29, 0.717) is 12.1 Å². The lowest BCUT2D eigenvalue weighted by Gasteiger charge is -2.17. The van der Waals surface area contributed by atoms with Gasteiger partial charge in [-0.3, -0.25) is 4.79 Å². The number of hydrogen-bond donors (Lipinski definition) is 0. The van der Waals surface area contributed by atoms with E-state index in [1.165, 1.54) is 4.88 Å². The molecule has 3 rings (SSSR count). The van der Waals surface area contributed by atoms with Gasteiger partial charge in [0.2, 0.25) is 0 Å². The first-order valence-corrected chi connectivity index (χ1v) is 8.48. The highest BCUT2D eigenvalue weighted by molar-refractivity contribution is 7.09. The van der Waals surface area contributed by atoms with Gasteiger partial charge in [0.1, 0.15) is 0 Å². The molecule has 0 aliphatic heterocycles. The van der Waals surface area contributed by atoms with Crippen LogP contribution in [0.25, 0.3) is 11.0 Å². The third-order valence-corrected chi connectivity index (χ3v) is 4.60. The van der Waals surface area contributed by atoms with Crippen molar-refractivity contribution in [3.63, 3.8) is 0 Å². The Balaban J connectivity index is 2.00. The van der Waals surface area contributed by atoms with Gasteiger partial charge >= 0.3 is 0 Å². The van der Waals surface area contributed by atoms with Crippen molar-refractivity contribution in [2.45, 2.75) is 33.4 Å². The monoisotopic (exact) mass is 328 g/mol. The molecule has 6 heteroatoms. The Labute approximate surface area is 139 Å². The highest BCUT2D eigenvalue weighted by atomic mass is 32.1. The zero-order valence-electron chi connectivity index (χ0n) is 13.8. The summed E-state index contributed by atoms with van der Waals surface area (Å²) in [5.74, 6) is -0.00259. The first-order valence-electron chi connectivity index (χ1n) is 7.60. The fourth-order valence-corrected chi connectivity index (χ4v) is 3.37. The summed E-state index contributed by atoms with van der Waals surface area (Å²) >= 11 is 1.66. The maximum Gasteiger partial charge on any atom is 0.254 e. The SMILES string of the molecule is Cc1cc(C(=O)N(C)Cc2cccs2)c2cnn(C(C)C)c2n1. The minimum absolute atomic E-state index is 0.00259. The van der Waals surface area contributed by atoms with Crippen LogP contribution in [0, 0.1) is 6.92 Å². The van der Waals surface area contributed by atoms with Gasteiger partial charge in [0.05, 0.1) is 23.7 Å². The standard InChI is InChI=1S/C17H20N4OS/c1-11(2)21-16-15(9-18-21)14(8-12(3)19-16)17(22)20(4)10-13-6-5-7-23-13/h5-9,11H,10H2,1-4H3. The normalized spacial score (nSPS) is 11.3. The Kier molecular flexibility index (Phi) is 4.17. The van der Waals surface area contributed by atoms with E-state index in [4.69, 9.17) is 0 Å². The lowest BCUT2D eigenvalue weighted by atomic mass is 10.1. The van der Waals surface area contributed by atoms with Gasteiger partial charge in [0.25, 0.3) is 5.91 Å². The summed E-state index contributed by atoms with van der Waals surface area (Å²) in [5, 5.41) is 7.23. The van der Waals surface area contributed by atoms with Crippen LogP contribution in [0.4, 0.5) is 0 Å². The minimum Gasteiger partial charge on any atom is -0.337 e. The van der Waals surface area contributed by atoms with Gasteiger partial charge in [-0.25, -0.2) is 9.67 Å². The van der Waals surface area contributed by atoms with Crippen LogP contribution < -0.4 is 0 Å². The molecule has 3 aromatic rings. The van der Waals surface area contributed by atoms with Crippen molar-refractivity contribution < 1.29 is 4.79 Å². The Morgan fingerprint density at radius 1 is 1.43 bits per heavy atom. The van der Waals surface area contributed by atoms with Crippen molar-refractivity contribution in [1.29, 1.82) is 0 Å². The Morgan fingerprint density at radius 2 is 2.22 bits per heavy atom. The minimum atomic E-state index is -0.00259.